The van der Waals surface area contributed by atoms with Gasteiger partial charge in [-0.15, -0.1) is 0 Å². The molecule has 31 heavy (non-hydrogen) atoms. The summed E-state index contributed by atoms with van der Waals surface area (Å²) in [5, 5.41) is 6.53. The SMILES string of the molecule is COc1cc(/C=C/C(=O)N2CCC(C(=O)Nc3cc(C)on3)CC2)cc(OC)c1OC. The highest BCUT2D eigenvalue weighted by Gasteiger charge is 2.27. The first kappa shape index (κ1) is 22.2. The number of rotatable bonds is 7. The van der Waals surface area contributed by atoms with Crippen LogP contribution in [0.1, 0.15) is 24.2 Å². The number of carbonyl (C=O) groups is 2. The average molecular weight is 429 g/mol. The standard InChI is InChI=1S/C22H27N3O6/c1-14-11-19(24-31-14)23-22(27)16-7-9-25(10-8-16)20(26)6-5-15-12-17(28-2)21(30-4)18(13-15)29-3/h5-6,11-13,16H,7-10H2,1-4H3,(H,23,24,27)/b6-5+. The molecule has 2 heterocycles. The molecule has 0 radical (unpaired) electrons. The number of aryl methyl sites for hydroxylation is 1. The highest BCUT2D eigenvalue weighted by molar-refractivity contribution is 5.93. The average Bonchev–Trinajstić information content (AvgIpc) is 3.20. The Morgan fingerprint density at radius 1 is 1.10 bits per heavy atom. The van der Waals surface area contributed by atoms with E-state index in [4.69, 9.17) is 18.7 Å². The summed E-state index contributed by atoms with van der Waals surface area (Å²) in [5.74, 6) is 2.19. The first-order valence-corrected chi connectivity index (χ1v) is 9.96. The van der Waals surface area contributed by atoms with Gasteiger partial charge in [0.1, 0.15) is 5.76 Å². The Bertz CT molecular complexity index is 935. The predicted octanol–water partition coefficient (Wildman–Crippen LogP) is 2.90. The summed E-state index contributed by atoms with van der Waals surface area (Å²) in [6.07, 6.45) is 4.40. The van der Waals surface area contributed by atoms with Crippen molar-refractivity contribution in [2.24, 2.45) is 5.92 Å². The van der Waals surface area contributed by atoms with Crippen LogP contribution < -0.4 is 19.5 Å². The summed E-state index contributed by atoms with van der Waals surface area (Å²) in [5.41, 5.74) is 0.750. The van der Waals surface area contributed by atoms with Crippen molar-refractivity contribution in [1.82, 2.24) is 10.1 Å². The molecule has 0 saturated carbocycles. The number of benzene rings is 1. The van der Waals surface area contributed by atoms with Crippen LogP contribution in [0.25, 0.3) is 6.08 Å². The first-order chi connectivity index (χ1) is 14.9. The maximum absolute atomic E-state index is 12.6. The van der Waals surface area contributed by atoms with Crippen molar-refractivity contribution in [3.8, 4) is 17.2 Å². The van der Waals surface area contributed by atoms with Gasteiger partial charge in [0.2, 0.25) is 17.6 Å². The van der Waals surface area contributed by atoms with Crippen LogP contribution in [0.15, 0.2) is 28.8 Å². The molecule has 1 N–H and O–H groups in total. The maximum Gasteiger partial charge on any atom is 0.246 e. The molecular weight excluding hydrogens is 402 g/mol. The zero-order valence-corrected chi connectivity index (χ0v) is 18.1. The lowest BCUT2D eigenvalue weighted by atomic mass is 9.96. The molecule has 9 nitrogen and oxygen atoms in total. The van der Waals surface area contributed by atoms with Crippen LogP contribution in [-0.2, 0) is 9.59 Å². The van der Waals surface area contributed by atoms with Crippen LogP contribution in [0.3, 0.4) is 0 Å². The van der Waals surface area contributed by atoms with Gasteiger partial charge in [0.05, 0.1) is 21.3 Å². The Labute approximate surface area is 180 Å². The molecule has 9 heteroatoms. The van der Waals surface area contributed by atoms with E-state index in [-0.39, 0.29) is 17.7 Å². The highest BCUT2D eigenvalue weighted by atomic mass is 16.5. The van der Waals surface area contributed by atoms with Crippen molar-refractivity contribution in [1.29, 1.82) is 0 Å². The molecule has 1 aromatic carbocycles. The minimum atomic E-state index is -0.167. The van der Waals surface area contributed by atoms with E-state index >= 15 is 0 Å². The molecule has 1 fully saturated rings. The van der Waals surface area contributed by atoms with Crippen LogP contribution in [0.2, 0.25) is 0 Å². The fourth-order valence-corrected chi connectivity index (χ4v) is 3.49. The molecule has 0 atom stereocenters. The molecule has 1 saturated heterocycles. The minimum Gasteiger partial charge on any atom is -0.493 e. The second-order valence-electron chi connectivity index (χ2n) is 7.20. The van der Waals surface area contributed by atoms with Gasteiger partial charge < -0.3 is 29.0 Å². The molecular formula is C22H27N3O6. The number of amides is 2. The summed E-state index contributed by atoms with van der Waals surface area (Å²) >= 11 is 0. The van der Waals surface area contributed by atoms with Crippen molar-refractivity contribution in [2.45, 2.75) is 19.8 Å². The number of hydrogen-bond acceptors (Lipinski definition) is 7. The molecule has 0 bridgehead atoms. The maximum atomic E-state index is 12.6. The molecule has 0 unspecified atom stereocenters. The number of ether oxygens (including phenoxy) is 3. The summed E-state index contributed by atoms with van der Waals surface area (Å²) in [6.45, 7) is 2.78. The van der Waals surface area contributed by atoms with Crippen LogP contribution in [0, 0.1) is 12.8 Å². The summed E-state index contributed by atoms with van der Waals surface area (Å²) < 4.78 is 20.9. The largest absolute Gasteiger partial charge is 0.493 e. The van der Waals surface area contributed by atoms with E-state index in [2.05, 4.69) is 10.5 Å². The number of hydrogen-bond donors (Lipinski definition) is 1. The van der Waals surface area contributed by atoms with Gasteiger partial charge >= 0.3 is 0 Å². The number of piperidine rings is 1. The molecule has 0 aliphatic carbocycles. The van der Waals surface area contributed by atoms with E-state index in [1.165, 1.54) is 13.2 Å². The molecule has 166 valence electrons. The molecule has 1 aliphatic heterocycles. The third-order valence-electron chi connectivity index (χ3n) is 5.16. The Morgan fingerprint density at radius 2 is 1.74 bits per heavy atom. The normalized spacial score (nSPS) is 14.5. The fourth-order valence-electron chi connectivity index (χ4n) is 3.49. The van der Waals surface area contributed by atoms with Crippen LogP contribution in [-0.4, -0.2) is 56.3 Å². The van der Waals surface area contributed by atoms with Crippen molar-refractivity contribution < 1.29 is 28.3 Å². The van der Waals surface area contributed by atoms with Crippen LogP contribution in [0.5, 0.6) is 17.2 Å². The quantitative estimate of drug-likeness (QED) is 0.675. The number of nitrogens with zero attached hydrogens (tertiary/aromatic N) is 2. The third-order valence-corrected chi connectivity index (χ3v) is 5.16. The van der Waals surface area contributed by atoms with Gasteiger partial charge in [-0.2, -0.15) is 0 Å². The lowest BCUT2D eigenvalue weighted by Crippen LogP contribution is -2.40. The number of aromatic nitrogens is 1. The summed E-state index contributed by atoms with van der Waals surface area (Å²) in [6, 6.07) is 5.21. The molecule has 1 aliphatic rings. The van der Waals surface area contributed by atoms with Crippen molar-refractivity contribution in [3.05, 3.63) is 35.6 Å². The van der Waals surface area contributed by atoms with Gasteiger partial charge in [0.25, 0.3) is 0 Å². The predicted molar refractivity (Wildman–Crippen MR) is 114 cm³/mol. The molecule has 3 rings (SSSR count). The van der Waals surface area contributed by atoms with Crippen LogP contribution >= 0.6 is 0 Å². The van der Waals surface area contributed by atoms with E-state index in [1.54, 1.807) is 50.3 Å². The van der Waals surface area contributed by atoms with Gasteiger partial charge in [-0.3, -0.25) is 9.59 Å². The number of anilines is 1. The van der Waals surface area contributed by atoms with Crippen LogP contribution in [0.4, 0.5) is 5.82 Å². The Balaban J connectivity index is 1.57. The Hall–Kier alpha value is -3.49. The zero-order valence-electron chi connectivity index (χ0n) is 18.1. The summed E-state index contributed by atoms with van der Waals surface area (Å²) in [7, 11) is 4.62. The number of nitrogens with one attached hydrogen (secondary N) is 1. The molecule has 2 amide bonds. The van der Waals surface area contributed by atoms with Gasteiger partial charge in [-0.05, 0) is 43.5 Å². The molecule has 2 aromatic rings. The first-order valence-electron chi connectivity index (χ1n) is 9.96. The van der Waals surface area contributed by atoms with Gasteiger partial charge in [0.15, 0.2) is 17.3 Å². The van der Waals surface area contributed by atoms with E-state index in [0.717, 1.165) is 5.56 Å². The number of carbonyl (C=O) groups excluding carboxylic acids is 2. The number of likely N-dealkylation sites (tertiary alicyclic amines) is 1. The minimum absolute atomic E-state index is 0.103. The molecule has 0 spiro atoms. The highest BCUT2D eigenvalue weighted by Crippen LogP contribution is 2.38. The van der Waals surface area contributed by atoms with Gasteiger partial charge in [-0.25, -0.2) is 0 Å². The topological polar surface area (TPSA) is 103 Å². The van der Waals surface area contributed by atoms with E-state index in [1.807, 2.05) is 0 Å². The molecule has 1 aromatic heterocycles. The lowest BCUT2D eigenvalue weighted by molar-refractivity contribution is -0.130. The van der Waals surface area contributed by atoms with Crippen molar-refractivity contribution in [2.75, 3.05) is 39.7 Å². The van der Waals surface area contributed by atoms with E-state index in [9.17, 15) is 9.59 Å². The van der Waals surface area contributed by atoms with Gasteiger partial charge in [0, 0.05) is 31.1 Å². The third kappa shape index (κ3) is 5.36. The lowest BCUT2D eigenvalue weighted by Gasteiger charge is -2.30. The zero-order chi connectivity index (χ0) is 22.4. The van der Waals surface area contributed by atoms with E-state index < -0.39 is 0 Å². The fraction of sp³-hybridized carbons (Fsp3) is 0.409. The smallest absolute Gasteiger partial charge is 0.246 e. The summed E-state index contributed by atoms with van der Waals surface area (Å²) in [4.78, 5) is 26.7. The van der Waals surface area contributed by atoms with Gasteiger partial charge in [-0.1, -0.05) is 5.16 Å². The van der Waals surface area contributed by atoms with E-state index in [0.29, 0.717) is 54.8 Å². The van der Waals surface area contributed by atoms with Crippen molar-refractivity contribution in [3.63, 3.8) is 0 Å². The second-order valence-corrected chi connectivity index (χ2v) is 7.20. The second kappa shape index (κ2) is 10.0. The Kier molecular flexibility index (Phi) is 7.17. The Morgan fingerprint density at radius 3 is 2.26 bits per heavy atom. The number of methoxy groups -OCH3 is 3. The van der Waals surface area contributed by atoms with Crippen molar-refractivity contribution >= 4 is 23.7 Å². The monoisotopic (exact) mass is 429 g/mol.